The Morgan fingerprint density at radius 1 is 0.743 bits per heavy atom. The van der Waals surface area contributed by atoms with Crippen LogP contribution in [0.15, 0.2) is 97.3 Å². The first kappa shape index (κ1) is 23.6. The Morgan fingerprint density at radius 3 is 2.11 bits per heavy atom. The third kappa shape index (κ3) is 7.23. The van der Waals surface area contributed by atoms with E-state index in [4.69, 9.17) is 18.9 Å². The number of anilines is 1. The fraction of sp³-hybridized carbons (Fsp3) is 0.143. The molecule has 0 aliphatic carbocycles. The van der Waals surface area contributed by atoms with Crippen molar-refractivity contribution in [2.24, 2.45) is 0 Å². The van der Waals surface area contributed by atoms with Gasteiger partial charge >= 0.3 is 0 Å². The molecule has 7 heteroatoms. The highest BCUT2D eigenvalue weighted by Gasteiger charge is 2.10. The quantitative estimate of drug-likeness (QED) is 0.322. The first-order valence-electron chi connectivity index (χ1n) is 11.1. The lowest BCUT2D eigenvalue weighted by atomic mass is 10.2. The topological polar surface area (TPSA) is 78.9 Å². The molecule has 178 valence electrons. The summed E-state index contributed by atoms with van der Waals surface area (Å²) in [5, 5.41) is 2.82. The molecule has 0 unspecified atom stereocenters. The highest BCUT2D eigenvalue weighted by Crippen LogP contribution is 2.31. The molecule has 7 nitrogen and oxygen atoms in total. The standard InChI is InChI=1S/C28H26N2O5/c1-32-26-12-7-23(17-27(26)35-19-22-13-15-29-16-14-22)30-28(31)20-34-25-10-8-24(9-11-25)33-18-21-5-3-2-4-6-21/h2-17H,18-20H2,1H3,(H,30,31). The van der Waals surface area contributed by atoms with Crippen LogP contribution in [-0.4, -0.2) is 24.6 Å². The Labute approximate surface area is 204 Å². The van der Waals surface area contributed by atoms with E-state index >= 15 is 0 Å². The normalized spacial score (nSPS) is 10.3. The van der Waals surface area contributed by atoms with E-state index in [1.54, 1.807) is 49.8 Å². The zero-order chi connectivity index (χ0) is 24.3. The summed E-state index contributed by atoms with van der Waals surface area (Å²) >= 11 is 0. The molecule has 1 aromatic heterocycles. The van der Waals surface area contributed by atoms with E-state index in [0.29, 0.717) is 36.1 Å². The van der Waals surface area contributed by atoms with Gasteiger partial charge in [0, 0.05) is 24.1 Å². The van der Waals surface area contributed by atoms with Crippen molar-refractivity contribution in [3.8, 4) is 23.0 Å². The highest BCUT2D eigenvalue weighted by atomic mass is 16.5. The Hall–Kier alpha value is -4.52. The lowest BCUT2D eigenvalue weighted by molar-refractivity contribution is -0.118. The molecule has 0 aliphatic heterocycles. The smallest absolute Gasteiger partial charge is 0.262 e. The minimum Gasteiger partial charge on any atom is -0.493 e. The number of aromatic nitrogens is 1. The van der Waals surface area contributed by atoms with Gasteiger partial charge < -0.3 is 24.3 Å². The van der Waals surface area contributed by atoms with Crippen molar-refractivity contribution in [2.75, 3.05) is 19.0 Å². The lowest BCUT2D eigenvalue weighted by Gasteiger charge is -2.13. The lowest BCUT2D eigenvalue weighted by Crippen LogP contribution is -2.20. The number of methoxy groups -OCH3 is 1. The summed E-state index contributed by atoms with van der Waals surface area (Å²) in [6, 6.07) is 26.1. The summed E-state index contributed by atoms with van der Waals surface area (Å²) in [5.74, 6) is 2.10. The van der Waals surface area contributed by atoms with Gasteiger partial charge in [-0.05, 0) is 59.7 Å². The molecular weight excluding hydrogens is 444 g/mol. The van der Waals surface area contributed by atoms with Crippen LogP contribution in [0.25, 0.3) is 0 Å². The molecule has 0 radical (unpaired) electrons. The summed E-state index contributed by atoms with van der Waals surface area (Å²) in [6.07, 6.45) is 3.41. The zero-order valence-corrected chi connectivity index (χ0v) is 19.3. The maximum absolute atomic E-state index is 12.4. The van der Waals surface area contributed by atoms with Gasteiger partial charge in [0.1, 0.15) is 24.7 Å². The molecule has 0 aliphatic rings. The minimum absolute atomic E-state index is 0.135. The summed E-state index contributed by atoms with van der Waals surface area (Å²) in [5.41, 5.74) is 2.64. The molecule has 4 rings (SSSR count). The van der Waals surface area contributed by atoms with Crippen LogP contribution < -0.4 is 24.3 Å². The van der Waals surface area contributed by atoms with E-state index < -0.39 is 0 Å². The Kier molecular flexibility index (Phi) is 8.16. The van der Waals surface area contributed by atoms with Gasteiger partial charge in [-0.2, -0.15) is 0 Å². The van der Waals surface area contributed by atoms with Crippen LogP contribution in [-0.2, 0) is 18.0 Å². The number of nitrogens with one attached hydrogen (secondary N) is 1. The van der Waals surface area contributed by atoms with Gasteiger partial charge in [0.05, 0.1) is 7.11 Å². The second kappa shape index (κ2) is 12.1. The molecule has 1 N–H and O–H groups in total. The Balaban J connectivity index is 1.27. The third-order valence-corrected chi connectivity index (χ3v) is 5.03. The number of ether oxygens (including phenoxy) is 4. The first-order chi connectivity index (χ1) is 17.2. The van der Waals surface area contributed by atoms with Crippen LogP contribution in [0.3, 0.4) is 0 Å². The average Bonchev–Trinajstić information content (AvgIpc) is 2.91. The molecular formula is C28H26N2O5. The van der Waals surface area contributed by atoms with Crippen LogP contribution in [0.2, 0.25) is 0 Å². The fourth-order valence-corrected chi connectivity index (χ4v) is 3.23. The largest absolute Gasteiger partial charge is 0.493 e. The van der Waals surface area contributed by atoms with Gasteiger partial charge in [0.15, 0.2) is 18.1 Å². The molecule has 0 bridgehead atoms. The summed E-state index contributed by atoms with van der Waals surface area (Å²) < 4.78 is 22.6. The SMILES string of the molecule is COc1ccc(NC(=O)COc2ccc(OCc3ccccc3)cc2)cc1OCc1ccncc1. The van der Waals surface area contributed by atoms with Gasteiger partial charge in [0.2, 0.25) is 0 Å². The predicted octanol–water partition coefficient (Wildman–Crippen LogP) is 5.27. The number of rotatable bonds is 11. The number of pyridine rings is 1. The van der Waals surface area contributed by atoms with Crippen molar-refractivity contribution in [3.05, 3.63) is 108 Å². The molecule has 0 atom stereocenters. The molecule has 0 saturated carbocycles. The van der Waals surface area contributed by atoms with Crippen molar-refractivity contribution >= 4 is 11.6 Å². The van der Waals surface area contributed by atoms with Gasteiger partial charge in [-0.3, -0.25) is 9.78 Å². The van der Waals surface area contributed by atoms with Crippen molar-refractivity contribution in [1.82, 2.24) is 4.98 Å². The second-order valence-corrected chi connectivity index (χ2v) is 7.59. The maximum atomic E-state index is 12.4. The number of amides is 1. The van der Waals surface area contributed by atoms with Crippen molar-refractivity contribution in [3.63, 3.8) is 0 Å². The molecule has 0 saturated heterocycles. The maximum Gasteiger partial charge on any atom is 0.262 e. The third-order valence-electron chi connectivity index (χ3n) is 5.03. The zero-order valence-electron chi connectivity index (χ0n) is 19.3. The molecule has 0 fully saturated rings. The van der Waals surface area contributed by atoms with E-state index in [-0.39, 0.29) is 12.5 Å². The second-order valence-electron chi connectivity index (χ2n) is 7.59. The van der Waals surface area contributed by atoms with Crippen LogP contribution in [0.1, 0.15) is 11.1 Å². The predicted molar refractivity (Wildman–Crippen MR) is 133 cm³/mol. The summed E-state index contributed by atoms with van der Waals surface area (Å²) in [7, 11) is 1.57. The number of nitrogens with zero attached hydrogens (tertiary/aromatic N) is 1. The molecule has 0 spiro atoms. The molecule has 4 aromatic rings. The minimum atomic E-state index is -0.292. The Morgan fingerprint density at radius 2 is 1.40 bits per heavy atom. The fourth-order valence-electron chi connectivity index (χ4n) is 3.23. The summed E-state index contributed by atoms with van der Waals surface area (Å²) in [6.45, 7) is 0.702. The highest BCUT2D eigenvalue weighted by molar-refractivity contribution is 5.92. The van der Waals surface area contributed by atoms with E-state index in [2.05, 4.69) is 10.3 Å². The van der Waals surface area contributed by atoms with Crippen molar-refractivity contribution in [2.45, 2.75) is 13.2 Å². The van der Waals surface area contributed by atoms with Gasteiger partial charge in [-0.1, -0.05) is 30.3 Å². The van der Waals surface area contributed by atoms with Crippen LogP contribution >= 0.6 is 0 Å². The van der Waals surface area contributed by atoms with Crippen LogP contribution in [0.5, 0.6) is 23.0 Å². The van der Waals surface area contributed by atoms with Crippen LogP contribution in [0, 0.1) is 0 Å². The average molecular weight is 471 g/mol. The molecule has 1 amide bonds. The van der Waals surface area contributed by atoms with E-state index in [0.717, 1.165) is 16.9 Å². The number of hydrogen-bond acceptors (Lipinski definition) is 6. The molecule has 1 heterocycles. The summed E-state index contributed by atoms with van der Waals surface area (Å²) in [4.78, 5) is 16.4. The van der Waals surface area contributed by atoms with E-state index in [1.807, 2.05) is 54.6 Å². The Bertz CT molecular complexity index is 1220. The number of carbonyl (C=O) groups is 1. The first-order valence-corrected chi connectivity index (χ1v) is 11.1. The van der Waals surface area contributed by atoms with Crippen molar-refractivity contribution < 1.29 is 23.7 Å². The van der Waals surface area contributed by atoms with Gasteiger partial charge in [0.25, 0.3) is 5.91 Å². The van der Waals surface area contributed by atoms with E-state index in [9.17, 15) is 4.79 Å². The monoisotopic (exact) mass is 470 g/mol. The molecule has 3 aromatic carbocycles. The number of hydrogen-bond donors (Lipinski definition) is 1. The van der Waals surface area contributed by atoms with E-state index in [1.165, 1.54) is 0 Å². The van der Waals surface area contributed by atoms with Gasteiger partial charge in [-0.15, -0.1) is 0 Å². The molecule has 35 heavy (non-hydrogen) atoms. The van der Waals surface area contributed by atoms with Crippen molar-refractivity contribution in [1.29, 1.82) is 0 Å². The van der Waals surface area contributed by atoms with Crippen LogP contribution in [0.4, 0.5) is 5.69 Å². The number of benzene rings is 3. The van der Waals surface area contributed by atoms with Gasteiger partial charge in [-0.25, -0.2) is 0 Å². The number of carbonyl (C=O) groups excluding carboxylic acids is 1.